The molecule has 0 saturated carbocycles. The Morgan fingerprint density at radius 2 is 2.03 bits per heavy atom. The molecule has 10 heteroatoms. The van der Waals surface area contributed by atoms with Crippen molar-refractivity contribution in [3.05, 3.63) is 76.4 Å². The first kappa shape index (κ1) is 21.9. The van der Waals surface area contributed by atoms with Crippen LogP contribution in [0.5, 0.6) is 0 Å². The standard InChI is InChI=1S/C23H21ClN4O3S2.H2/c24-18-2-4-21-16(11-18)5-8-28(21)9-6-22(29)26-19-12-15-1-3-20(14-17(15)13-19)33(30,31)27-23-25-7-10-32-23;/h1-5,7-8,10-11,14,19H,6,9,12-13H2,(H,25,27)(H,26,29);1H. The molecule has 0 saturated heterocycles. The number of carbonyl (C=O) groups excluding carboxylic acids is 1. The number of halogens is 1. The summed E-state index contributed by atoms with van der Waals surface area (Å²) in [6, 6.07) is 12.8. The van der Waals surface area contributed by atoms with Crippen molar-refractivity contribution in [1.82, 2.24) is 14.9 Å². The minimum Gasteiger partial charge on any atom is -0.353 e. The molecule has 2 N–H and O–H groups in total. The molecule has 1 aliphatic rings. The lowest BCUT2D eigenvalue weighted by molar-refractivity contribution is -0.121. The van der Waals surface area contributed by atoms with E-state index in [2.05, 4.69) is 15.0 Å². The lowest BCUT2D eigenvalue weighted by Crippen LogP contribution is -2.35. The van der Waals surface area contributed by atoms with Gasteiger partial charge in [-0.05, 0) is 60.4 Å². The number of benzene rings is 2. The molecule has 172 valence electrons. The third kappa shape index (κ3) is 4.75. The van der Waals surface area contributed by atoms with Gasteiger partial charge < -0.3 is 9.88 Å². The van der Waals surface area contributed by atoms with Crippen LogP contribution in [0.15, 0.2) is 65.1 Å². The number of thiazole rings is 1. The van der Waals surface area contributed by atoms with E-state index in [0.717, 1.165) is 22.0 Å². The van der Waals surface area contributed by atoms with Gasteiger partial charge in [-0.3, -0.25) is 9.52 Å². The largest absolute Gasteiger partial charge is 0.353 e. The van der Waals surface area contributed by atoms with Gasteiger partial charge in [-0.15, -0.1) is 11.3 Å². The van der Waals surface area contributed by atoms with Gasteiger partial charge >= 0.3 is 0 Å². The number of rotatable bonds is 7. The maximum Gasteiger partial charge on any atom is 0.263 e. The van der Waals surface area contributed by atoms with Gasteiger partial charge in [0.15, 0.2) is 5.13 Å². The zero-order valence-electron chi connectivity index (χ0n) is 17.5. The van der Waals surface area contributed by atoms with Crippen LogP contribution >= 0.6 is 22.9 Å². The lowest BCUT2D eigenvalue weighted by atomic mass is 10.1. The van der Waals surface area contributed by atoms with Crippen LogP contribution in [0.3, 0.4) is 0 Å². The zero-order chi connectivity index (χ0) is 23.0. The van der Waals surface area contributed by atoms with Crippen LogP contribution in [-0.4, -0.2) is 29.9 Å². The molecule has 33 heavy (non-hydrogen) atoms. The molecular weight excluding hydrogens is 480 g/mol. The number of carbonyl (C=O) groups is 1. The lowest BCUT2D eigenvalue weighted by Gasteiger charge is -2.12. The summed E-state index contributed by atoms with van der Waals surface area (Å²) in [5.74, 6) is -0.0260. The molecule has 1 aliphatic carbocycles. The normalized spacial score (nSPS) is 15.5. The van der Waals surface area contributed by atoms with Crippen LogP contribution in [0, 0.1) is 0 Å². The van der Waals surface area contributed by atoms with Crippen molar-refractivity contribution in [2.24, 2.45) is 0 Å². The average Bonchev–Trinajstić information content (AvgIpc) is 3.50. The maximum atomic E-state index is 12.6. The fraction of sp³-hybridized carbons (Fsp3) is 0.217. The van der Waals surface area contributed by atoms with E-state index in [9.17, 15) is 13.2 Å². The van der Waals surface area contributed by atoms with Crippen LogP contribution in [0.4, 0.5) is 5.13 Å². The summed E-state index contributed by atoms with van der Waals surface area (Å²) in [4.78, 5) is 16.8. The van der Waals surface area contributed by atoms with Crippen molar-refractivity contribution in [2.45, 2.75) is 36.7 Å². The summed E-state index contributed by atoms with van der Waals surface area (Å²) in [6.45, 7) is 0.571. The van der Waals surface area contributed by atoms with Gasteiger partial charge in [-0.1, -0.05) is 17.7 Å². The molecule has 0 spiro atoms. The number of amides is 1. The molecule has 0 aliphatic heterocycles. The number of aromatic nitrogens is 2. The van der Waals surface area contributed by atoms with Crippen molar-refractivity contribution in [2.75, 3.05) is 4.72 Å². The first-order valence-corrected chi connectivity index (χ1v) is 13.2. The van der Waals surface area contributed by atoms with E-state index < -0.39 is 10.0 Å². The SMILES string of the molecule is O=C(CCn1ccc2cc(Cl)ccc21)NC1Cc2ccc(S(=O)(=O)Nc3nccs3)cc2C1.[HH]. The predicted molar refractivity (Wildman–Crippen MR) is 132 cm³/mol. The van der Waals surface area contributed by atoms with E-state index in [0.29, 0.717) is 36.0 Å². The number of fused-ring (bicyclic) bond motifs is 2. The van der Waals surface area contributed by atoms with E-state index in [1.54, 1.807) is 23.7 Å². The van der Waals surface area contributed by atoms with E-state index in [4.69, 9.17) is 11.6 Å². The van der Waals surface area contributed by atoms with E-state index in [1.807, 2.05) is 41.1 Å². The maximum absolute atomic E-state index is 12.6. The van der Waals surface area contributed by atoms with Crippen molar-refractivity contribution >= 4 is 54.9 Å². The van der Waals surface area contributed by atoms with Crippen LogP contribution < -0.4 is 10.0 Å². The number of hydrogen-bond donors (Lipinski definition) is 2. The van der Waals surface area contributed by atoms with Gasteiger partial charge in [0.1, 0.15) is 0 Å². The van der Waals surface area contributed by atoms with Crippen molar-refractivity contribution < 1.29 is 14.6 Å². The summed E-state index contributed by atoms with van der Waals surface area (Å²) in [5, 5.41) is 6.87. The molecule has 1 atom stereocenters. The Morgan fingerprint density at radius 1 is 1.18 bits per heavy atom. The highest BCUT2D eigenvalue weighted by Gasteiger charge is 2.25. The second kappa shape index (κ2) is 8.81. The zero-order valence-corrected chi connectivity index (χ0v) is 19.9. The molecule has 7 nitrogen and oxygen atoms in total. The Bertz CT molecular complexity index is 1440. The Kier molecular flexibility index (Phi) is 5.86. The summed E-state index contributed by atoms with van der Waals surface area (Å²) in [5.41, 5.74) is 3.04. The van der Waals surface area contributed by atoms with Gasteiger partial charge in [0.25, 0.3) is 10.0 Å². The number of sulfonamides is 1. The number of anilines is 1. The molecule has 2 aromatic carbocycles. The van der Waals surface area contributed by atoms with Crippen LogP contribution in [-0.2, 0) is 34.2 Å². The van der Waals surface area contributed by atoms with Crippen molar-refractivity contribution in [1.29, 1.82) is 0 Å². The second-order valence-electron chi connectivity index (χ2n) is 8.01. The Labute approximate surface area is 202 Å². The molecule has 0 radical (unpaired) electrons. The first-order valence-electron chi connectivity index (χ1n) is 10.5. The average molecular weight is 503 g/mol. The summed E-state index contributed by atoms with van der Waals surface area (Å²) < 4.78 is 29.8. The Morgan fingerprint density at radius 3 is 2.85 bits per heavy atom. The van der Waals surface area contributed by atoms with E-state index in [1.165, 1.54) is 11.3 Å². The topological polar surface area (TPSA) is 93.1 Å². The smallest absolute Gasteiger partial charge is 0.263 e. The summed E-state index contributed by atoms with van der Waals surface area (Å²) in [7, 11) is -3.70. The third-order valence-corrected chi connectivity index (χ3v) is 8.14. The van der Waals surface area contributed by atoms with Crippen LogP contribution in [0.25, 0.3) is 10.9 Å². The summed E-state index contributed by atoms with van der Waals surface area (Å²) in [6.07, 6.45) is 5.16. The Balaban J connectivity index is 0.00000274. The molecule has 2 heterocycles. The molecule has 0 fully saturated rings. The van der Waals surface area contributed by atoms with Gasteiger partial charge in [0, 0.05) is 54.1 Å². The van der Waals surface area contributed by atoms with Crippen molar-refractivity contribution in [3.63, 3.8) is 0 Å². The molecular formula is C23H23ClN4O3S2. The first-order chi connectivity index (χ1) is 15.9. The summed E-state index contributed by atoms with van der Waals surface area (Å²) >= 11 is 7.27. The van der Waals surface area contributed by atoms with Gasteiger partial charge in [0.05, 0.1) is 4.90 Å². The van der Waals surface area contributed by atoms with E-state index >= 15 is 0 Å². The Hall–Kier alpha value is -2.88. The minimum atomic E-state index is -3.70. The van der Waals surface area contributed by atoms with Crippen LogP contribution in [0.2, 0.25) is 5.02 Å². The highest BCUT2D eigenvalue weighted by molar-refractivity contribution is 7.93. The highest BCUT2D eigenvalue weighted by Crippen LogP contribution is 2.27. The number of nitrogens with one attached hydrogen (secondary N) is 2. The second-order valence-corrected chi connectivity index (χ2v) is 11.0. The fourth-order valence-electron chi connectivity index (χ4n) is 4.20. The molecule has 1 unspecified atom stereocenters. The quantitative estimate of drug-likeness (QED) is 0.390. The molecule has 2 aromatic heterocycles. The molecule has 1 amide bonds. The number of hydrogen-bond acceptors (Lipinski definition) is 5. The monoisotopic (exact) mass is 502 g/mol. The fourth-order valence-corrected chi connectivity index (χ4v) is 6.22. The number of aryl methyl sites for hydroxylation is 1. The van der Waals surface area contributed by atoms with Gasteiger partial charge in [-0.25, -0.2) is 13.4 Å². The molecule has 5 rings (SSSR count). The number of nitrogens with zero attached hydrogens (tertiary/aromatic N) is 2. The molecule has 4 aromatic rings. The van der Waals surface area contributed by atoms with Gasteiger partial charge in [0.2, 0.25) is 5.91 Å². The predicted octanol–water partition coefficient (Wildman–Crippen LogP) is 4.47. The van der Waals surface area contributed by atoms with Gasteiger partial charge in [-0.2, -0.15) is 0 Å². The van der Waals surface area contributed by atoms with Crippen molar-refractivity contribution in [3.8, 4) is 0 Å². The minimum absolute atomic E-state index is 0. The highest BCUT2D eigenvalue weighted by atomic mass is 35.5. The van der Waals surface area contributed by atoms with E-state index in [-0.39, 0.29) is 18.3 Å². The van der Waals surface area contributed by atoms with Crippen LogP contribution in [0.1, 0.15) is 19.0 Å². The third-order valence-electron chi connectivity index (χ3n) is 5.75. The molecule has 0 bridgehead atoms.